The van der Waals surface area contributed by atoms with Gasteiger partial charge in [0, 0.05) is 27.2 Å². The van der Waals surface area contributed by atoms with Crippen LogP contribution in [0.5, 0.6) is 0 Å². The second kappa shape index (κ2) is 6.42. The number of morpholine rings is 1. The zero-order valence-electron chi connectivity index (χ0n) is 16.5. The van der Waals surface area contributed by atoms with Crippen LogP contribution in [0.25, 0.3) is 0 Å². The van der Waals surface area contributed by atoms with Crippen molar-refractivity contribution in [3.05, 3.63) is 56.0 Å². The molecule has 11 heteroatoms. The van der Waals surface area contributed by atoms with E-state index in [4.69, 9.17) is 51.1 Å². The van der Waals surface area contributed by atoms with Gasteiger partial charge in [0.05, 0.1) is 40.4 Å². The number of epoxide rings is 1. The fraction of sp³-hybridized carbons (Fsp3) is 0.318. The fourth-order valence-corrected chi connectivity index (χ4v) is 7.43. The molecule has 1 N–H and O–H groups in total. The molecule has 5 aliphatic heterocycles. The number of amides is 3. The van der Waals surface area contributed by atoms with Crippen LogP contribution in [0.2, 0.25) is 20.1 Å². The summed E-state index contributed by atoms with van der Waals surface area (Å²) in [5.74, 6) is -3.04. The van der Waals surface area contributed by atoms with E-state index >= 15 is 0 Å². The van der Waals surface area contributed by atoms with Crippen molar-refractivity contribution in [1.82, 2.24) is 4.90 Å². The largest absolute Gasteiger partial charge is 0.366 e. The third-order valence-corrected chi connectivity index (χ3v) is 8.43. The number of anilines is 2. The van der Waals surface area contributed by atoms with E-state index in [1.165, 1.54) is 24.3 Å². The van der Waals surface area contributed by atoms with Crippen LogP contribution >= 0.6 is 46.4 Å². The van der Waals surface area contributed by atoms with Crippen LogP contribution in [0, 0.1) is 11.8 Å². The van der Waals surface area contributed by atoms with E-state index in [9.17, 15) is 14.4 Å². The Balaban J connectivity index is 1.46. The van der Waals surface area contributed by atoms with Crippen LogP contribution in [-0.4, -0.2) is 47.4 Å². The van der Waals surface area contributed by atoms with Crippen molar-refractivity contribution in [2.45, 2.75) is 23.8 Å². The Hall–Kier alpha value is -1.87. The minimum atomic E-state index is -1.42. The standard InChI is InChI=1S/C22H13Cl4N3O4/c23-7-1-8(24)3-10(2-7)29-19(30)14-15(20(29)31)22(28-6-13-18(33-13)17(14)28)11-4-9(25)5-12(26)16(11)27-21(22)32/h1-5,13-15,17-18H,6H2,(H,27,32). The average Bonchev–Trinajstić information content (AvgIpc) is 3.02. The first-order valence-electron chi connectivity index (χ1n) is 10.3. The molecule has 5 aliphatic rings. The van der Waals surface area contributed by atoms with Crippen LogP contribution < -0.4 is 10.2 Å². The van der Waals surface area contributed by atoms with Gasteiger partial charge in [-0.2, -0.15) is 0 Å². The van der Waals surface area contributed by atoms with E-state index in [-0.39, 0.29) is 22.9 Å². The Morgan fingerprint density at radius 2 is 1.64 bits per heavy atom. The normalized spacial score (nSPS) is 35.7. The van der Waals surface area contributed by atoms with E-state index < -0.39 is 41.1 Å². The van der Waals surface area contributed by atoms with Crippen LogP contribution in [0.15, 0.2) is 30.3 Å². The molecular formula is C22H13Cl4N3O4. The van der Waals surface area contributed by atoms with Crippen molar-refractivity contribution in [2.24, 2.45) is 11.8 Å². The summed E-state index contributed by atoms with van der Waals surface area (Å²) in [6, 6.07) is 7.31. The van der Waals surface area contributed by atoms with Gasteiger partial charge in [0.2, 0.25) is 11.8 Å². The number of nitrogens with zero attached hydrogens (tertiary/aromatic N) is 2. The second-order valence-corrected chi connectivity index (χ2v) is 10.7. The molecule has 6 unspecified atom stereocenters. The third-order valence-electron chi connectivity index (χ3n) is 7.47. The van der Waals surface area contributed by atoms with Gasteiger partial charge in [0.15, 0.2) is 0 Å². The minimum Gasteiger partial charge on any atom is -0.366 e. The number of rotatable bonds is 1. The van der Waals surface area contributed by atoms with Gasteiger partial charge in [0.1, 0.15) is 11.6 Å². The minimum absolute atomic E-state index is 0.0862. The van der Waals surface area contributed by atoms with Crippen molar-refractivity contribution >= 4 is 75.5 Å². The molecule has 6 atom stereocenters. The number of nitrogens with one attached hydrogen (secondary N) is 1. The number of hydrogen-bond acceptors (Lipinski definition) is 5. The molecule has 0 aromatic heterocycles. The zero-order valence-corrected chi connectivity index (χ0v) is 19.5. The Kier molecular flexibility index (Phi) is 3.98. The van der Waals surface area contributed by atoms with Crippen molar-refractivity contribution in [2.75, 3.05) is 16.8 Å². The molecule has 5 heterocycles. The maximum Gasteiger partial charge on any atom is 0.250 e. The van der Waals surface area contributed by atoms with Crippen LogP contribution in [0.1, 0.15) is 5.56 Å². The SMILES string of the molecule is O=C1C2C3C4OC4CN3C3(C(=O)Nc4c(Cl)cc(Cl)cc43)C2C(=O)N1c1cc(Cl)cc(Cl)c1. The van der Waals surface area contributed by atoms with Gasteiger partial charge in [-0.25, -0.2) is 4.90 Å². The first-order valence-corrected chi connectivity index (χ1v) is 11.8. The lowest BCUT2D eigenvalue weighted by Crippen LogP contribution is -2.55. The van der Waals surface area contributed by atoms with Gasteiger partial charge in [-0.3, -0.25) is 19.3 Å². The van der Waals surface area contributed by atoms with E-state index in [2.05, 4.69) is 5.32 Å². The molecule has 3 amide bonds. The van der Waals surface area contributed by atoms with Crippen LogP contribution in [0.3, 0.4) is 0 Å². The molecule has 7 nitrogen and oxygen atoms in total. The van der Waals surface area contributed by atoms with Crippen molar-refractivity contribution in [1.29, 1.82) is 0 Å². The zero-order chi connectivity index (χ0) is 23.0. The molecule has 4 fully saturated rings. The molecule has 0 aliphatic carbocycles. The van der Waals surface area contributed by atoms with E-state index in [0.29, 0.717) is 32.9 Å². The summed E-state index contributed by atoms with van der Waals surface area (Å²) in [6.07, 6.45) is -0.306. The lowest BCUT2D eigenvalue weighted by Gasteiger charge is -2.37. The summed E-state index contributed by atoms with van der Waals surface area (Å²) in [7, 11) is 0. The van der Waals surface area contributed by atoms with Gasteiger partial charge < -0.3 is 10.1 Å². The summed E-state index contributed by atoms with van der Waals surface area (Å²) in [5.41, 5.74) is -0.222. The molecule has 0 saturated carbocycles. The highest BCUT2D eigenvalue weighted by atomic mass is 35.5. The van der Waals surface area contributed by atoms with Crippen molar-refractivity contribution in [3.8, 4) is 0 Å². The van der Waals surface area contributed by atoms with Gasteiger partial charge >= 0.3 is 0 Å². The topological polar surface area (TPSA) is 82.2 Å². The molecule has 0 radical (unpaired) electrons. The van der Waals surface area contributed by atoms with E-state index in [1.807, 2.05) is 4.90 Å². The molecular weight excluding hydrogens is 512 g/mol. The monoisotopic (exact) mass is 523 g/mol. The van der Waals surface area contributed by atoms with E-state index in [1.54, 1.807) is 6.07 Å². The molecule has 168 valence electrons. The predicted molar refractivity (Wildman–Crippen MR) is 122 cm³/mol. The highest BCUT2D eigenvalue weighted by Gasteiger charge is 2.80. The van der Waals surface area contributed by atoms with Crippen molar-refractivity contribution < 1.29 is 19.1 Å². The number of fused-ring (bicyclic) bond motifs is 9. The molecule has 4 saturated heterocycles. The average molecular weight is 525 g/mol. The summed E-state index contributed by atoms with van der Waals surface area (Å²) in [4.78, 5) is 44.5. The lowest BCUT2D eigenvalue weighted by molar-refractivity contribution is -0.136. The summed E-state index contributed by atoms with van der Waals surface area (Å²) in [5, 5.41) is 4.05. The predicted octanol–water partition coefficient (Wildman–Crippen LogP) is 3.72. The molecule has 2 aromatic carbocycles. The number of carbonyl (C=O) groups excluding carboxylic acids is 3. The summed E-state index contributed by atoms with van der Waals surface area (Å²) >= 11 is 25.1. The molecule has 0 bridgehead atoms. The van der Waals surface area contributed by atoms with Gasteiger partial charge in [-0.1, -0.05) is 46.4 Å². The Labute approximate surface area is 207 Å². The van der Waals surface area contributed by atoms with Gasteiger partial charge in [-0.05, 0) is 30.3 Å². The quantitative estimate of drug-likeness (QED) is 0.454. The number of carbonyl (C=O) groups is 3. The van der Waals surface area contributed by atoms with Gasteiger partial charge in [0.25, 0.3) is 5.91 Å². The number of imide groups is 1. The first-order chi connectivity index (χ1) is 15.7. The molecule has 1 spiro atoms. The number of ether oxygens (including phenoxy) is 1. The molecule has 33 heavy (non-hydrogen) atoms. The fourth-order valence-electron chi connectivity index (χ4n) is 6.38. The first kappa shape index (κ1) is 20.5. The summed E-state index contributed by atoms with van der Waals surface area (Å²) in [6.45, 7) is 0.433. The second-order valence-electron chi connectivity index (χ2n) is 8.96. The Morgan fingerprint density at radius 3 is 2.36 bits per heavy atom. The molecule has 2 aromatic rings. The molecule has 7 rings (SSSR count). The van der Waals surface area contributed by atoms with E-state index in [0.717, 1.165) is 4.90 Å². The van der Waals surface area contributed by atoms with Gasteiger partial charge in [-0.15, -0.1) is 0 Å². The van der Waals surface area contributed by atoms with Crippen LogP contribution in [-0.2, 0) is 24.7 Å². The van der Waals surface area contributed by atoms with Crippen molar-refractivity contribution in [3.63, 3.8) is 0 Å². The Bertz CT molecular complexity index is 1310. The number of benzene rings is 2. The number of halogens is 4. The highest BCUT2D eigenvalue weighted by Crippen LogP contribution is 2.64. The number of hydrogen-bond donors (Lipinski definition) is 1. The smallest absolute Gasteiger partial charge is 0.250 e. The lowest BCUT2D eigenvalue weighted by atomic mass is 9.75. The van der Waals surface area contributed by atoms with Crippen LogP contribution in [0.4, 0.5) is 11.4 Å². The maximum atomic E-state index is 14.0. The summed E-state index contributed by atoms with van der Waals surface area (Å²) < 4.78 is 5.76. The Morgan fingerprint density at radius 1 is 0.939 bits per heavy atom. The maximum absolute atomic E-state index is 14.0. The third kappa shape index (κ3) is 2.38. The highest BCUT2D eigenvalue weighted by molar-refractivity contribution is 6.38.